The van der Waals surface area contributed by atoms with Gasteiger partial charge >= 0.3 is 0 Å². The predicted molar refractivity (Wildman–Crippen MR) is 35.0 cm³/mol. The van der Waals surface area contributed by atoms with Gasteiger partial charge in [0.15, 0.2) is 0 Å². The first-order chi connectivity index (χ1) is 4.75. The Kier molecular flexibility index (Phi) is 1.66. The predicted octanol–water partition coefficient (Wildman–Crippen LogP) is -0.432. The Hall–Kier alpha value is -1.39. The minimum atomic E-state index is -0.495. The Morgan fingerprint density at radius 3 is 3.00 bits per heavy atom. The molecule has 0 spiro atoms. The summed E-state index contributed by atoms with van der Waals surface area (Å²) >= 11 is 0. The minimum absolute atomic E-state index is 0.254. The van der Waals surface area contributed by atoms with Crippen LogP contribution >= 0.6 is 0 Å². The fourth-order valence-electron chi connectivity index (χ4n) is 0.714. The molecule has 1 heterocycles. The molecule has 0 saturated heterocycles. The van der Waals surface area contributed by atoms with E-state index in [0.29, 0.717) is 5.71 Å². The molecule has 1 aliphatic heterocycles. The molecule has 0 fully saturated rings. The van der Waals surface area contributed by atoms with Crippen LogP contribution < -0.4 is 5.43 Å². The number of hydrogen-bond donors (Lipinski definition) is 2. The third kappa shape index (κ3) is 0.975. The van der Waals surface area contributed by atoms with Crippen molar-refractivity contribution in [2.45, 2.75) is 6.92 Å². The monoisotopic (exact) mass is 141 g/mol. The molecule has 1 rings (SSSR count). The average molecular weight is 141 g/mol. The highest BCUT2D eigenvalue weighted by molar-refractivity contribution is 6.17. The molecule has 0 radical (unpaired) electrons. The highest BCUT2D eigenvalue weighted by atomic mass is 16.4. The second-order valence-corrected chi connectivity index (χ2v) is 1.97. The number of rotatable bonds is 1. The normalized spacial score (nSPS) is 25.1. The number of amides is 1. The maximum Gasteiger partial charge on any atom is 0.254 e. The number of hydrazone groups is 1. The first-order valence-electron chi connectivity index (χ1n) is 2.77. The molecule has 0 aromatic heterocycles. The van der Waals surface area contributed by atoms with Crippen molar-refractivity contribution in [3.8, 4) is 0 Å². The summed E-state index contributed by atoms with van der Waals surface area (Å²) in [5.41, 5.74) is 2.86. The summed E-state index contributed by atoms with van der Waals surface area (Å²) in [7, 11) is 0. The van der Waals surface area contributed by atoms with Gasteiger partial charge in [0.2, 0.25) is 0 Å². The van der Waals surface area contributed by atoms with E-state index in [-0.39, 0.29) is 5.91 Å². The molecule has 0 bridgehead atoms. The molecule has 5 nitrogen and oxygen atoms in total. The largest absolute Gasteiger partial charge is 0.411 e. The lowest BCUT2D eigenvalue weighted by molar-refractivity contribution is -0.120. The second kappa shape index (κ2) is 2.47. The Labute approximate surface area is 57.4 Å². The molecule has 1 amide bonds. The zero-order chi connectivity index (χ0) is 7.56. The third-order valence-electron chi connectivity index (χ3n) is 1.29. The summed E-state index contributed by atoms with van der Waals surface area (Å²) in [5, 5.41) is 14.5. The van der Waals surface area contributed by atoms with Gasteiger partial charge in [0.05, 0.1) is 11.9 Å². The van der Waals surface area contributed by atoms with E-state index in [4.69, 9.17) is 5.21 Å². The van der Waals surface area contributed by atoms with Gasteiger partial charge in [-0.1, -0.05) is 0 Å². The minimum Gasteiger partial charge on any atom is -0.411 e. The van der Waals surface area contributed by atoms with Crippen LogP contribution in [0, 0.1) is 5.92 Å². The van der Waals surface area contributed by atoms with E-state index in [1.165, 1.54) is 0 Å². The van der Waals surface area contributed by atoms with E-state index in [0.717, 1.165) is 6.21 Å². The van der Waals surface area contributed by atoms with E-state index in [1.807, 2.05) is 0 Å². The van der Waals surface area contributed by atoms with Gasteiger partial charge in [-0.25, -0.2) is 5.43 Å². The lowest BCUT2D eigenvalue weighted by Gasteiger charge is -1.95. The van der Waals surface area contributed by atoms with Crippen LogP contribution in [-0.4, -0.2) is 23.0 Å². The number of oxime groups is 1. The molecule has 0 aromatic rings. The highest BCUT2D eigenvalue weighted by Crippen LogP contribution is 2.02. The molecule has 0 aromatic carbocycles. The lowest BCUT2D eigenvalue weighted by Crippen LogP contribution is -2.23. The summed E-state index contributed by atoms with van der Waals surface area (Å²) < 4.78 is 0. The molecule has 1 atom stereocenters. The van der Waals surface area contributed by atoms with Gasteiger partial charge in [0.1, 0.15) is 5.92 Å². The van der Waals surface area contributed by atoms with Crippen LogP contribution in [0.1, 0.15) is 6.92 Å². The summed E-state index contributed by atoms with van der Waals surface area (Å²) in [6.07, 6.45) is 1.14. The molecule has 0 aliphatic carbocycles. The van der Waals surface area contributed by atoms with Crippen LogP contribution in [0.5, 0.6) is 0 Å². The Bertz CT molecular complexity index is 209. The van der Waals surface area contributed by atoms with Crippen LogP contribution in [0.2, 0.25) is 0 Å². The average Bonchev–Trinajstić information content (AvgIpc) is 2.20. The van der Waals surface area contributed by atoms with Crippen molar-refractivity contribution in [1.82, 2.24) is 5.43 Å². The maximum absolute atomic E-state index is 10.7. The van der Waals surface area contributed by atoms with Gasteiger partial charge in [-0.05, 0) is 6.92 Å². The Balaban J connectivity index is 2.74. The van der Waals surface area contributed by atoms with Gasteiger partial charge in [-0.2, -0.15) is 5.10 Å². The fourth-order valence-corrected chi connectivity index (χ4v) is 0.714. The lowest BCUT2D eigenvalue weighted by atomic mass is 10.1. The van der Waals surface area contributed by atoms with Gasteiger partial charge in [0, 0.05) is 0 Å². The van der Waals surface area contributed by atoms with Crippen LogP contribution in [-0.2, 0) is 4.79 Å². The number of nitrogens with one attached hydrogen (secondary N) is 1. The molecule has 2 N–H and O–H groups in total. The first-order valence-corrected chi connectivity index (χ1v) is 2.77. The van der Waals surface area contributed by atoms with Gasteiger partial charge in [0.25, 0.3) is 5.91 Å². The van der Waals surface area contributed by atoms with Crippen molar-refractivity contribution < 1.29 is 10.0 Å². The molecular formula is C5H7N3O2. The van der Waals surface area contributed by atoms with Crippen molar-refractivity contribution in [1.29, 1.82) is 0 Å². The highest BCUT2D eigenvalue weighted by Gasteiger charge is 2.24. The van der Waals surface area contributed by atoms with E-state index < -0.39 is 5.92 Å². The summed E-state index contributed by atoms with van der Waals surface area (Å²) in [4.78, 5) is 10.7. The number of carbonyl (C=O) groups excluding carboxylic acids is 1. The fraction of sp³-hybridized carbons (Fsp3) is 0.400. The summed E-state index contributed by atoms with van der Waals surface area (Å²) in [5.74, 6) is -0.750. The van der Waals surface area contributed by atoms with Gasteiger partial charge in [-0.15, -0.1) is 5.16 Å². The molecule has 0 saturated carbocycles. The summed E-state index contributed by atoms with van der Waals surface area (Å²) in [6.45, 7) is 1.68. The SMILES string of the molecule is CC1=NNC(=O)C1/C=N/O. The molecule has 5 heteroatoms. The zero-order valence-corrected chi connectivity index (χ0v) is 5.40. The number of nitrogens with zero attached hydrogens (tertiary/aromatic N) is 2. The van der Waals surface area contributed by atoms with Crippen LogP contribution in [0.15, 0.2) is 10.3 Å². The molecule has 1 aliphatic rings. The van der Waals surface area contributed by atoms with Crippen molar-refractivity contribution in [2.24, 2.45) is 16.2 Å². The molecule has 10 heavy (non-hydrogen) atoms. The quantitative estimate of drug-likeness (QED) is 0.295. The maximum atomic E-state index is 10.7. The number of carbonyl (C=O) groups is 1. The zero-order valence-electron chi connectivity index (χ0n) is 5.40. The van der Waals surface area contributed by atoms with Crippen LogP contribution in [0.3, 0.4) is 0 Å². The van der Waals surface area contributed by atoms with E-state index in [1.54, 1.807) is 6.92 Å². The van der Waals surface area contributed by atoms with Crippen molar-refractivity contribution in [3.63, 3.8) is 0 Å². The van der Waals surface area contributed by atoms with Crippen LogP contribution in [0.25, 0.3) is 0 Å². The van der Waals surface area contributed by atoms with Crippen molar-refractivity contribution in [2.75, 3.05) is 0 Å². The van der Waals surface area contributed by atoms with Crippen molar-refractivity contribution >= 4 is 17.8 Å². The van der Waals surface area contributed by atoms with Gasteiger partial charge < -0.3 is 5.21 Å². The van der Waals surface area contributed by atoms with E-state index in [9.17, 15) is 4.79 Å². The standard InChI is InChI=1S/C5H7N3O2/c1-3-4(2-6-10)5(9)8-7-3/h2,4,10H,1H3,(H,8,9)/b6-2+. The van der Waals surface area contributed by atoms with Gasteiger partial charge in [-0.3, -0.25) is 4.79 Å². The van der Waals surface area contributed by atoms with Crippen LogP contribution in [0.4, 0.5) is 0 Å². The number of hydrogen-bond acceptors (Lipinski definition) is 4. The Morgan fingerprint density at radius 2 is 2.60 bits per heavy atom. The molecule has 54 valence electrons. The van der Waals surface area contributed by atoms with E-state index in [2.05, 4.69) is 15.7 Å². The molecule has 1 unspecified atom stereocenters. The second-order valence-electron chi connectivity index (χ2n) is 1.97. The van der Waals surface area contributed by atoms with E-state index >= 15 is 0 Å². The first kappa shape index (κ1) is 6.73. The Morgan fingerprint density at radius 1 is 1.90 bits per heavy atom. The summed E-state index contributed by atoms with van der Waals surface area (Å²) in [6, 6.07) is 0. The van der Waals surface area contributed by atoms with Crippen molar-refractivity contribution in [3.05, 3.63) is 0 Å². The molecular weight excluding hydrogens is 134 g/mol. The third-order valence-corrected chi connectivity index (χ3v) is 1.29. The smallest absolute Gasteiger partial charge is 0.254 e. The topological polar surface area (TPSA) is 74.0 Å².